The monoisotopic (exact) mass is 388 g/mol. The molecule has 0 radical (unpaired) electrons. The molecule has 0 aliphatic heterocycles. The fourth-order valence-corrected chi connectivity index (χ4v) is 3.71. The van der Waals surface area contributed by atoms with Crippen molar-refractivity contribution in [2.24, 2.45) is 0 Å². The third-order valence-electron chi connectivity index (χ3n) is 5.18. The van der Waals surface area contributed by atoms with Gasteiger partial charge in [-0.1, -0.05) is 26.5 Å². The van der Waals surface area contributed by atoms with Gasteiger partial charge in [0.25, 0.3) is 0 Å². The molecule has 29 heavy (non-hydrogen) atoms. The summed E-state index contributed by atoms with van der Waals surface area (Å²) < 4.78 is 11.0. The maximum Gasteiger partial charge on any atom is 0.161 e. The summed E-state index contributed by atoms with van der Waals surface area (Å²) >= 11 is 0. The lowest BCUT2D eigenvalue weighted by Crippen LogP contribution is -1.99. The van der Waals surface area contributed by atoms with Gasteiger partial charge in [0.2, 0.25) is 0 Å². The molecule has 0 aliphatic rings. The number of benzene rings is 2. The predicted molar refractivity (Wildman–Crippen MR) is 120 cm³/mol. The summed E-state index contributed by atoms with van der Waals surface area (Å²) in [7, 11) is 3.33. The van der Waals surface area contributed by atoms with Crippen LogP contribution < -0.4 is 9.47 Å². The second kappa shape index (κ2) is 8.48. The van der Waals surface area contributed by atoms with Gasteiger partial charge in [0.05, 0.1) is 19.7 Å². The van der Waals surface area contributed by atoms with E-state index in [1.54, 1.807) is 14.2 Å². The predicted octanol–water partition coefficient (Wildman–Crippen LogP) is 5.90. The number of methoxy groups -OCH3 is 2. The van der Waals surface area contributed by atoms with Crippen molar-refractivity contribution in [3.8, 4) is 11.5 Å². The molecule has 0 bridgehead atoms. The molecule has 0 aliphatic carbocycles. The van der Waals surface area contributed by atoms with Crippen LogP contribution in [0.15, 0.2) is 48.7 Å². The van der Waals surface area contributed by atoms with Crippen LogP contribution in [0.3, 0.4) is 0 Å². The molecule has 0 fully saturated rings. The largest absolute Gasteiger partial charge is 0.493 e. The summed E-state index contributed by atoms with van der Waals surface area (Å²) in [6.45, 7) is 4.14. The van der Waals surface area contributed by atoms with Crippen molar-refractivity contribution >= 4 is 21.7 Å². The van der Waals surface area contributed by atoms with E-state index in [-0.39, 0.29) is 7.43 Å². The zero-order valence-corrected chi connectivity index (χ0v) is 16.7. The highest BCUT2D eigenvalue weighted by Crippen LogP contribution is 2.35. The van der Waals surface area contributed by atoms with Crippen LogP contribution in [0.25, 0.3) is 21.7 Å². The van der Waals surface area contributed by atoms with Gasteiger partial charge < -0.3 is 9.47 Å². The standard InChI is InChI=1S/C24H24N2O2.CH4/c1-5-21-20-13-24(28-4)23(27-3)12-19(20)18(14-25-21)11-16-7-9-22-17(10-16)8-6-15(2)26-22;/h6-10,12-14H,5,11H2,1-4H3;1H4. The van der Waals surface area contributed by atoms with E-state index in [4.69, 9.17) is 14.5 Å². The van der Waals surface area contributed by atoms with Gasteiger partial charge in [0, 0.05) is 28.4 Å². The van der Waals surface area contributed by atoms with E-state index in [9.17, 15) is 0 Å². The molecule has 4 nitrogen and oxygen atoms in total. The highest BCUT2D eigenvalue weighted by atomic mass is 16.5. The molecule has 0 spiro atoms. The number of ether oxygens (including phenoxy) is 2. The Morgan fingerprint density at radius 2 is 1.62 bits per heavy atom. The van der Waals surface area contributed by atoms with Crippen molar-refractivity contribution in [2.75, 3.05) is 14.2 Å². The lowest BCUT2D eigenvalue weighted by molar-refractivity contribution is 0.356. The Hall–Kier alpha value is -3.14. The Labute approximate surface area is 172 Å². The highest BCUT2D eigenvalue weighted by molar-refractivity contribution is 5.91. The van der Waals surface area contributed by atoms with Crippen LogP contribution in [-0.2, 0) is 12.8 Å². The third-order valence-corrected chi connectivity index (χ3v) is 5.18. The number of fused-ring (bicyclic) bond motifs is 2. The second-order valence-electron chi connectivity index (χ2n) is 6.99. The second-order valence-corrected chi connectivity index (χ2v) is 6.99. The van der Waals surface area contributed by atoms with Crippen molar-refractivity contribution in [1.29, 1.82) is 0 Å². The van der Waals surface area contributed by atoms with Crippen molar-refractivity contribution in [2.45, 2.75) is 34.1 Å². The van der Waals surface area contributed by atoms with Crippen LogP contribution in [0.1, 0.15) is 36.9 Å². The van der Waals surface area contributed by atoms with Gasteiger partial charge >= 0.3 is 0 Å². The van der Waals surface area contributed by atoms with E-state index < -0.39 is 0 Å². The SMILES string of the molecule is C.CCc1ncc(Cc2ccc3nc(C)ccc3c2)c2cc(OC)c(OC)cc12. The molecular weight excluding hydrogens is 360 g/mol. The van der Waals surface area contributed by atoms with E-state index >= 15 is 0 Å². The Morgan fingerprint density at radius 1 is 0.897 bits per heavy atom. The number of hydrogen-bond donors (Lipinski definition) is 0. The molecule has 4 heteroatoms. The highest BCUT2D eigenvalue weighted by Gasteiger charge is 2.13. The van der Waals surface area contributed by atoms with Crippen LogP contribution in [0.5, 0.6) is 11.5 Å². The molecule has 2 aromatic carbocycles. The maximum atomic E-state index is 5.54. The zero-order valence-electron chi connectivity index (χ0n) is 16.7. The Morgan fingerprint density at radius 3 is 2.31 bits per heavy atom. The number of rotatable bonds is 5. The molecule has 0 saturated heterocycles. The summed E-state index contributed by atoms with van der Waals surface area (Å²) in [5.74, 6) is 1.47. The summed E-state index contributed by atoms with van der Waals surface area (Å²) in [5.41, 5.74) is 5.54. The van der Waals surface area contributed by atoms with Gasteiger partial charge in [-0.05, 0) is 66.6 Å². The quantitative estimate of drug-likeness (QED) is 0.427. The number of pyridine rings is 2. The summed E-state index contributed by atoms with van der Waals surface area (Å²) in [4.78, 5) is 9.31. The van der Waals surface area contributed by atoms with E-state index in [0.717, 1.165) is 57.4 Å². The molecule has 2 aromatic heterocycles. The van der Waals surface area contributed by atoms with Crippen LogP contribution in [-0.4, -0.2) is 24.2 Å². The lowest BCUT2D eigenvalue weighted by atomic mass is 9.97. The minimum Gasteiger partial charge on any atom is -0.493 e. The smallest absolute Gasteiger partial charge is 0.161 e. The number of hydrogen-bond acceptors (Lipinski definition) is 4. The molecule has 150 valence electrons. The molecule has 0 amide bonds. The van der Waals surface area contributed by atoms with Gasteiger partial charge in [-0.3, -0.25) is 9.97 Å². The Kier molecular flexibility index (Phi) is 6.02. The van der Waals surface area contributed by atoms with Crippen molar-refractivity contribution in [3.63, 3.8) is 0 Å². The number of nitrogens with zero attached hydrogens (tertiary/aromatic N) is 2. The molecular formula is C25H28N2O2. The Bertz CT molecular complexity index is 1170. The molecule has 2 heterocycles. The van der Waals surface area contributed by atoms with Crippen LogP contribution >= 0.6 is 0 Å². The minimum atomic E-state index is 0. The van der Waals surface area contributed by atoms with Crippen LogP contribution in [0.2, 0.25) is 0 Å². The fourth-order valence-electron chi connectivity index (χ4n) is 3.71. The maximum absolute atomic E-state index is 5.54. The fraction of sp³-hybridized carbons (Fsp3) is 0.280. The summed E-state index contributed by atoms with van der Waals surface area (Å²) in [6.07, 6.45) is 3.66. The zero-order chi connectivity index (χ0) is 19.7. The third kappa shape index (κ3) is 3.88. The van der Waals surface area contributed by atoms with Crippen molar-refractivity contribution < 1.29 is 9.47 Å². The molecule has 0 atom stereocenters. The minimum absolute atomic E-state index is 0. The van der Waals surface area contributed by atoms with Gasteiger partial charge in [-0.15, -0.1) is 0 Å². The first-order valence-corrected chi connectivity index (χ1v) is 9.51. The van der Waals surface area contributed by atoms with Gasteiger partial charge in [0.1, 0.15) is 0 Å². The molecule has 0 N–H and O–H groups in total. The van der Waals surface area contributed by atoms with E-state index in [1.807, 2.05) is 19.2 Å². The van der Waals surface area contributed by atoms with Gasteiger partial charge in [-0.25, -0.2) is 0 Å². The van der Waals surface area contributed by atoms with Gasteiger partial charge in [0.15, 0.2) is 11.5 Å². The number of aryl methyl sites for hydroxylation is 2. The first-order chi connectivity index (χ1) is 13.6. The van der Waals surface area contributed by atoms with Gasteiger partial charge in [-0.2, -0.15) is 0 Å². The van der Waals surface area contributed by atoms with Crippen molar-refractivity contribution in [1.82, 2.24) is 9.97 Å². The molecule has 4 rings (SSSR count). The van der Waals surface area contributed by atoms with E-state index in [1.165, 1.54) is 11.1 Å². The first kappa shape index (κ1) is 20.6. The lowest BCUT2D eigenvalue weighted by Gasteiger charge is -2.14. The molecule has 4 aromatic rings. The van der Waals surface area contributed by atoms with Crippen molar-refractivity contribution in [3.05, 3.63) is 71.2 Å². The van der Waals surface area contributed by atoms with Crippen LogP contribution in [0, 0.1) is 6.92 Å². The summed E-state index contributed by atoms with van der Waals surface area (Å²) in [6, 6.07) is 14.7. The average Bonchev–Trinajstić information content (AvgIpc) is 2.73. The topological polar surface area (TPSA) is 44.2 Å². The number of aromatic nitrogens is 2. The normalized spacial score (nSPS) is 10.8. The van der Waals surface area contributed by atoms with E-state index in [2.05, 4.69) is 48.3 Å². The van der Waals surface area contributed by atoms with E-state index in [0.29, 0.717) is 0 Å². The summed E-state index contributed by atoms with van der Waals surface area (Å²) in [5, 5.41) is 3.44. The Balaban J connectivity index is 0.00000240. The average molecular weight is 389 g/mol. The molecule has 0 unspecified atom stereocenters. The molecule has 0 saturated carbocycles. The van der Waals surface area contributed by atoms with Crippen LogP contribution in [0.4, 0.5) is 0 Å². The first-order valence-electron chi connectivity index (χ1n) is 9.51.